The minimum atomic E-state index is -4.65. The van der Waals surface area contributed by atoms with Crippen molar-refractivity contribution in [2.45, 2.75) is 50.7 Å². The molecule has 156 valence electrons. The van der Waals surface area contributed by atoms with Crippen LogP contribution in [0.5, 0.6) is 5.75 Å². The normalized spacial score (nSPS) is 20.7. The summed E-state index contributed by atoms with van der Waals surface area (Å²) in [5, 5.41) is 0.375. The Hall–Kier alpha value is -1.67. The summed E-state index contributed by atoms with van der Waals surface area (Å²) >= 11 is 0. The lowest BCUT2D eigenvalue weighted by Crippen LogP contribution is -2.32. The van der Waals surface area contributed by atoms with E-state index in [1.807, 2.05) is 0 Å². The molecule has 2 N–H and O–H groups in total. The van der Waals surface area contributed by atoms with Crippen molar-refractivity contribution >= 4 is 23.2 Å². The zero-order valence-electron chi connectivity index (χ0n) is 14.7. The second kappa shape index (κ2) is 8.37. The van der Waals surface area contributed by atoms with E-state index in [9.17, 15) is 26.3 Å². The van der Waals surface area contributed by atoms with Gasteiger partial charge in [-0.25, -0.2) is 0 Å². The number of rotatable bonds is 3. The number of alkyl halides is 6. The number of hydrogen-bond donors (Lipinski definition) is 1. The molecular weight excluding hydrogens is 408 g/mol. The van der Waals surface area contributed by atoms with Crippen molar-refractivity contribution in [3.63, 3.8) is 0 Å². The SMILES string of the molecule is Cl.NCc1ccc2c(C(F)(F)F)c(O[C@H]3CC[C@@H](C(F)(F)F)CC3)ccc2c1. The van der Waals surface area contributed by atoms with E-state index in [4.69, 9.17) is 10.5 Å². The molecule has 0 unspecified atom stereocenters. The van der Waals surface area contributed by atoms with Gasteiger partial charge in [0.15, 0.2) is 0 Å². The van der Waals surface area contributed by atoms with Crippen molar-refractivity contribution in [3.8, 4) is 5.75 Å². The average molecular weight is 428 g/mol. The van der Waals surface area contributed by atoms with Crippen LogP contribution in [-0.2, 0) is 12.7 Å². The minimum Gasteiger partial charge on any atom is -0.490 e. The molecule has 2 nitrogen and oxygen atoms in total. The predicted octanol–water partition coefficient (Wildman–Crippen LogP) is 6.24. The van der Waals surface area contributed by atoms with E-state index in [0.29, 0.717) is 10.9 Å². The van der Waals surface area contributed by atoms with Gasteiger partial charge in [-0.05, 0) is 54.2 Å². The van der Waals surface area contributed by atoms with Crippen LogP contribution in [0.2, 0.25) is 0 Å². The molecule has 1 fully saturated rings. The molecule has 28 heavy (non-hydrogen) atoms. The van der Waals surface area contributed by atoms with E-state index in [1.165, 1.54) is 24.3 Å². The summed E-state index contributed by atoms with van der Waals surface area (Å²) in [5.74, 6) is -1.75. The maximum Gasteiger partial charge on any atom is 0.420 e. The van der Waals surface area contributed by atoms with Crippen molar-refractivity contribution in [1.29, 1.82) is 0 Å². The second-order valence-corrected chi connectivity index (χ2v) is 6.83. The van der Waals surface area contributed by atoms with Gasteiger partial charge in [-0.1, -0.05) is 18.2 Å². The lowest BCUT2D eigenvalue weighted by atomic mass is 9.87. The van der Waals surface area contributed by atoms with Crippen LogP contribution in [0.25, 0.3) is 10.8 Å². The van der Waals surface area contributed by atoms with Crippen LogP contribution < -0.4 is 10.5 Å². The van der Waals surface area contributed by atoms with Crippen LogP contribution in [0, 0.1) is 5.92 Å². The summed E-state index contributed by atoms with van der Waals surface area (Å²) in [7, 11) is 0. The monoisotopic (exact) mass is 427 g/mol. The van der Waals surface area contributed by atoms with Gasteiger partial charge in [0.25, 0.3) is 0 Å². The summed E-state index contributed by atoms with van der Waals surface area (Å²) in [6.45, 7) is 0.206. The molecule has 3 rings (SSSR count). The molecule has 0 saturated heterocycles. The Balaban J connectivity index is 0.00000280. The summed E-state index contributed by atoms with van der Waals surface area (Å²) in [5.41, 5.74) is 5.34. The lowest BCUT2D eigenvalue weighted by Gasteiger charge is -2.31. The van der Waals surface area contributed by atoms with Gasteiger partial charge >= 0.3 is 12.4 Å². The van der Waals surface area contributed by atoms with Gasteiger partial charge in [-0.3, -0.25) is 0 Å². The highest BCUT2D eigenvalue weighted by molar-refractivity contribution is 5.89. The van der Waals surface area contributed by atoms with Crippen molar-refractivity contribution in [2.24, 2.45) is 11.7 Å². The van der Waals surface area contributed by atoms with Crippen LogP contribution >= 0.6 is 12.4 Å². The molecule has 0 heterocycles. The first kappa shape index (κ1) is 22.6. The molecule has 1 aliphatic rings. The Kier molecular flexibility index (Phi) is 6.76. The third-order valence-corrected chi connectivity index (χ3v) is 5.00. The molecule has 2 aromatic carbocycles. The van der Waals surface area contributed by atoms with E-state index in [1.54, 1.807) is 6.07 Å². The standard InChI is InChI=1S/C19H19F6NO.ClH/c20-18(21,22)13-3-5-14(6-4-13)27-16-8-2-12-9-11(10-26)1-7-15(12)17(16)19(23,24)25;/h1-2,7-9,13-14H,3-6,10,26H2;1H/t13-,14+;. The van der Waals surface area contributed by atoms with Gasteiger partial charge in [0.2, 0.25) is 0 Å². The highest BCUT2D eigenvalue weighted by Crippen LogP contribution is 2.44. The molecule has 0 aliphatic heterocycles. The van der Waals surface area contributed by atoms with Crippen LogP contribution in [0.1, 0.15) is 36.8 Å². The molecular formula is C19H20ClF6NO. The first-order valence-electron chi connectivity index (χ1n) is 8.66. The summed E-state index contributed by atoms with van der Waals surface area (Å²) in [4.78, 5) is 0. The van der Waals surface area contributed by atoms with Crippen molar-refractivity contribution in [1.82, 2.24) is 0 Å². The Bertz CT molecular complexity index is 812. The molecule has 1 aliphatic carbocycles. The van der Waals surface area contributed by atoms with Gasteiger partial charge in [0.1, 0.15) is 11.3 Å². The number of halogens is 7. The van der Waals surface area contributed by atoms with E-state index in [0.717, 1.165) is 0 Å². The second-order valence-electron chi connectivity index (χ2n) is 6.83. The summed E-state index contributed by atoms with van der Waals surface area (Å²) < 4.78 is 84.8. The molecule has 0 spiro atoms. The molecule has 0 radical (unpaired) electrons. The van der Waals surface area contributed by atoms with Gasteiger partial charge in [-0.15, -0.1) is 12.4 Å². The molecule has 1 saturated carbocycles. The van der Waals surface area contributed by atoms with Crippen LogP contribution in [0.4, 0.5) is 26.3 Å². The number of ether oxygens (including phenoxy) is 1. The maximum atomic E-state index is 13.7. The number of hydrogen-bond acceptors (Lipinski definition) is 2. The van der Waals surface area contributed by atoms with Gasteiger partial charge < -0.3 is 10.5 Å². The zero-order valence-corrected chi connectivity index (χ0v) is 15.6. The van der Waals surface area contributed by atoms with E-state index in [2.05, 4.69) is 0 Å². The summed E-state index contributed by atoms with van der Waals surface area (Å²) in [6, 6.07) is 7.22. The number of fused-ring (bicyclic) bond motifs is 1. The molecule has 2 aromatic rings. The Morgan fingerprint density at radius 1 is 0.929 bits per heavy atom. The van der Waals surface area contributed by atoms with E-state index >= 15 is 0 Å². The molecule has 0 aromatic heterocycles. The fraction of sp³-hybridized carbons (Fsp3) is 0.474. The lowest BCUT2D eigenvalue weighted by molar-refractivity contribution is -0.185. The fourth-order valence-electron chi connectivity index (χ4n) is 3.56. The molecule has 0 bridgehead atoms. The third kappa shape index (κ3) is 4.84. The molecule has 9 heteroatoms. The Morgan fingerprint density at radius 2 is 1.57 bits per heavy atom. The Labute approximate surface area is 164 Å². The van der Waals surface area contributed by atoms with Crippen molar-refractivity contribution in [3.05, 3.63) is 41.5 Å². The Morgan fingerprint density at radius 3 is 2.11 bits per heavy atom. The van der Waals surface area contributed by atoms with Crippen LogP contribution in [-0.4, -0.2) is 12.3 Å². The van der Waals surface area contributed by atoms with Gasteiger partial charge in [0, 0.05) is 6.54 Å². The summed E-state index contributed by atoms with van der Waals surface area (Å²) in [6.07, 6.45) is -9.71. The van der Waals surface area contributed by atoms with Crippen molar-refractivity contribution < 1.29 is 31.1 Å². The van der Waals surface area contributed by atoms with Gasteiger partial charge in [0.05, 0.1) is 12.0 Å². The quantitative estimate of drug-likeness (QED) is 0.588. The highest BCUT2D eigenvalue weighted by Gasteiger charge is 2.42. The predicted molar refractivity (Wildman–Crippen MR) is 96.5 cm³/mol. The topological polar surface area (TPSA) is 35.2 Å². The molecule has 0 amide bonds. The smallest absolute Gasteiger partial charge is 0.420 e. The van der Waals surface area contributed by atoms with E-state index in [-0.39, 0.29) is 55.8 Å². The third-order valence-electron chi connectivity index (χ3n) is 5.00. The zero-order chi connectivity index (χ0) is 19.8. The number of nitrogens with two attached hydrogens (primary N) is 1. The molecule has 0 atom stereocenters. The van der Waals surface area contributed by atoms with Crippen LogP contribution in [0.15, 0.2) is 30.3 Å². The van der Waals surface area contributed by atoms with Crippen LogP contribution in [0.3, 0.4) is 0 Å². The maximum absolute atomic E-state index is 13.7. The number of benzene rings is 2. The first-order chi connectivity index (χ1) is 12.6. The largest absolute Gasteiger partial charge is 0.490 e. The van der Waals surface area contributed by atoms with Gasteiger partial charge in [-0.2, -0.15) is 26.3 Å². The first-order valence-corrected chi connectivity index (χ1v) is 8.66. The average Bonchev–Trinajstić information content (AvgIpc) is 2.59. The highest BCUT2D eigenvalue weighted by atomic mass is 35.5. The minimum absolute atomic E-state index is 0. The van der Waals surface area contributed by atoms with Crippen molar-refractivity contribution in [2.75, 3.05) is 0 Å². The van der Waals surface area contributed by atoms with E-state index < -0.39 is 29.9 Å². The fourth-order valence-corrected chi connectivity index (χ4v) is 3.56.